The van der Waals surface area contributed by atoms with Gasteiger partial charge in [-0.05, 0) is 0 Å². The first-order chi connectivity index (χ1) is 6.61. The SMILES string of the molecule is N#CC1=[Si](O)C(=N)/C(=N\N=N)N=C1O. The Kier molecular flexibility index (Phi) is 2.59. The summed E-state index contributed by atoms with van der Waals surface area (Å²) in [5.41, 5.74) is 6.40. The quantitative estimate of drug-likeness (QED) is 0.252. The minimum absolute atomic E-state index is 0.316. The molecule has 14 heavy (non-hydrogen) atoms. The molecular formula is C5H4N6O2Si. The fourth-order valence-corrected chi connectivity index (χ4v) is 1.71. The Labute approximate surface area is 79.2 Å². The third-order valence-corrected chi connectivity index (χ3v) is 2.90. The highest BCUT2D eigenvalue weighted by Crippen LogP contribution is 1.97. The maximum Gasteiger partial charge on any atom is 0.314 e. The summed E-state index contributed by atoms with van der Waals surface area (Å²) in [6.07, 6.45) is 0. The van der Waals surface area contributed by atoms with Crippen molar-refractivity contribution in [2.75, 3.05) is 0 Å². The third kappa shape index (κ3) is 1.46. The number of aliphatic hydroxyl groups is 1. The van der Waals surface area contributed by atoms with Crippen LogP contribution in [0.25, 0.3) is 0 Å². The lowest BCUT2D eigenvalue weighted by atomic mass is 10.4. The Morgan fingerprint density at radius 3 is 2.71 bits per heavy atom. The topological polar surface area (TPSA) is 149 Å². The summed E-state index contributed by atoms with van der Waals surface area (Å²) in [6.45, 7) is 0. The van der Waals surface area contributed by atoms with Crippen LogP contribution in [-0.4, -0.2) is 40.8 Å². The fraction of sp³-hybridized carbons (Fsp3) is 0. The molecule has 1 aliphatic heterocycles. The molecule has 0 amide bonds. The number of nitriles is 1. The van der Waals surface area contributed by atoms with E-state index in [4.69, 9.17) is 21.3 Å². The van der Waals surface area contributed by atoms with Crippen LogP contribution in [0.5, 0.6) is 0 Å². The maximum absolute atomic E-state index is 9.40. The standard InChI is InChI=1S/C5H4N6O2Si/c6-1-2-5(12)9-4(10-11-8)3(7)14(2)13/h7,13H,(H2,8,9,10,12). The van der Waals surface area contributed by atoms with Crippen molar-refractivity contribution >= 4 is 30.9 Å². The zero-order valence-corrected chi connectivity index (χ0v) is 7.68. The van der Waals surface area contributed by atoms with Gasteiger partial charge in [0.2, 0.25) is 11.7 Å². The van der Waals surface area contributed by atoms with Gasteiger partial charge in [0.25, 0.3) is 0 Å². The highest BCUT2D eigenvalue weighted by atomic mass is 28.3. The molecule has 0 aromatic carbocycles. The highest BCUT2D eigenvalue weighted by molar-refractivity contribution is 7.09. The van der Waals surface area contributed by atoms with Gasteiger partial charge in [0.15, 0.2) is 0 Å². The van der Waals surface area contributed by atoms with Gasteiger partial charge < -0.3 is 9.90 Å². The molecule has 0 bridgehead atoms. The summed E-state index contributed by atoms with van der Waals surface area (Å²) in [4.78, 5) is 12.7. The number of hydrogen-bond acceptors (Lipinski definition) is 5. The molecule has 9 heteroatoms. The maximum atomic E-state index is 9.40. The largest absolute Gasteiger partial charge is 0.561 e. The molecule has 1 heterocycles. The summed E-state index contributed by atoms with van der Waals surface area (Å²) >= 11 is 0. The second kappa shape index (κ2) is 3.67. The molecule has 0 atom stereocenters. The molecule has 0 saturated heterocycles. The van der Waals surface area contributed by atoms with Crippen molar-refractivity contribution in [2.45, 2.75) is 0 Å². The van der Waals surface area contributed by atoms with E-state index in [1.165, 1.54) is 0 Å². The molecule has 1 rings (SSSR count). The van der Waals surface area contributed by atoms with Crippen molar-refractivity contribution < 1.29 is 9.90 Å². The Morgan fingerprint density at radius 2 is 2.21 bits per heavy atom. The molecule has 0 unspecified atom stereocenters. The zero-order valence-electron chi connectivity index (χ0n) is 6.68. The lowest BCUT2D eigenvalue weighted by molar-refractivity contribution is 0.564. The molecule has 0 spiro atoms. The first-order valence-electron chi connectivity index (χ1n) is 3.27. The Balaban J connectivity index is 3.31. The molecule has 4 N–H and O–H groups in total. The number of rotatable bonds is 1. The van der Waals surface area contributed by atoms with Crippen molar-refractivity contribution in [3.8, 4) is 6.07 Å². The molecule has 0 saturated carbocycles. The molecule has 8 nitrogen and oxygen atoms in total. The zero-order chi connectivity index (χ0) is 10.7. The smallest absolute Gasteiger partial charge is 0.314 e. The number of nitrogens with zero attached hydrogens (tertiary/aromatic N) is 4. The normalized spacial score (nSPS) is 19.2. The van der Waals surface area contributed by atoms with Crippen molar-refractivity contribution in [3.05, 3.63) is 0 Å². The van der Waals surface area contributed by atoms with E-state index in [2.05, 4.69) is 15.3 Å². The average Bonchev–Trinajstić information content (AvgIpc) is 2.15. The van der Waals surface area contributed by atoms with Crippen LogP contribution in [0.3, 0.4) is 0 Å². The Morgan fingerprint density at radius 1 is 1.57 bits per heavy atom. The van der Waals surface area contributed by atoms with E-state index in [0.717, 1.165) is 0 Å². The molecule has 70 valence electrons. The molecule has 0 radical (unpaired) electrons. The van der Waals surface area contributed by atoms with E-state index in [1.54, 1.807) is 6.07 Å². The van der Waals surface area contributed by atoms with E-state index < -0.39 is 14.6 Å². The van der Waals surface area contributed by atoms with Crippen LogP contribution < -0.4 is 0 Å². The van der Waals surface area contributed by atoms with Gasteiger partial charge in [-0.2, -0.15) is 15.8 Å². The van der Waals surface area contributed by atoms with Gasteiger partial charge in [0.1, 0.15) is 16.6 Å². The van der Waals surface area contributed by atoms with Gasteiger partial charge in [-0.3, -0.25) is 5.41 Å². The van der Waals surface area contributed by atoms with Crippen molar-refractivity contribution in [3.63, 3.8) is 0 Å². The van der Waals surface area contributed by atoms with Crippen LogP contribution in [0, 0.1) is 22.3 Å². The Bertz CT molecular complexity index is 442. The predicted molar refractivity (Wildman–Crippen MR) is 49.0 cm³/mol. The minimum atomic E-state index is -2.59. The van der Waals surface area contributed by atoms with Gasteiger partial charge in [-0.25, -0.2) is 0 Å². The second-order valence-electron chi connectivity index (χ2n) is 2.17. The van der Waals surface area contributed by atoms with Crippen LogP contribution in [0.2, 0.25) is 0 Å². The summed E-state index contributed by atoms with van der Waals surface area (Å²) in [6, 6.07) is 1.55. The number of aliphatic imine (C=N–C) groups is 1. The van der Waals surface area contributed by atoms with Crippen molar-refractivity contribution in [1.29, 1.82) is 16.2 Å². The first-order valence-corrected chi connectivity index (χ1v) is 4.71. The second-order valence-corrected chi connectivity index (χ2v) is 3.87. The highest BCUT2D eigenvalue weighted by Gasteiger charge is 2.27. The number of aliphatic hydroxyl groups excluding tert-OH is 1. The Hall–Kier alpha value is -2.21. The summed E-state index contributed by atoms with van der Waals surface area (Å²) < 4.78 is 0. The van der Waals surface area contributed by atoms with E-state index >= 15 is 0 Å². The van der Waals surface area contributed by atoms with Crippen LogP contribution in [0.4, 0.5) is 0 Å². The lowest BCUT2D eigenvalue weighted by Crippen LogP contribution is -2.39. The van der Waals surface area contributed by atoms with Crippen LogP contribution in [0.1, 0.15) is 0 Å². The molecule has 0 aliphatic carbocycles. The van der Waals surface area contributed by atoms with Gasteiger partial charge >= 0.3 is 8.65 Å². The molecular weight excluding hydrogens is 204 g/mol. The van der Waals surface area contributed by atoms with E-state index in [9.17, 15) is 4.80 Å². The summed E-state index contributed by atoms with van der Waals surface area (Å²) in [7, 11) is -2.59. The average molecular weight is 208 g/mol. The molecule has 0 aromatic rings. The number of nitrogens with one attached hydrogen (secondary N) is 2. The van der Waals surface area contributed by atoms with E-state index in [1.807, 2.05) is 0 Å². The van der Waals surface area contributed by atoms with Gasteiger partial charge in [-0.15, -0.1) is 5.10 Å². The monoisotopic (exact) mass is 208 g/mol. The van der Waals surface area contributed by atoms with E-state index in [0.29, 0.717) is 0 Å². The predicted octanol–water partition coefficient (Wildman–Crippen LogP) is -0.879. The van der Waals surface area contributed by atoms with Crippen molar-refractivity contribution in [2.24, 2.45) is 15.3 Å². The number of amidine groups is 1. The first kappa shape index (κ1) is 9.87. The van der Waals surface area contributed by atoms with Crippen LogP contribution >= 0.6 is 0 Å². The summed E-state index contributed by atoms with van der Waals surface area (Å²) in [5, 5.41) is 30.0. The molecule has 0 fully saturated rings. The molecule has 1 aliphatic rings. The minimum Gasteiger partial charge on any atom is -0.561 e. The van der Waals surface area contributed by atoms with Gasteiger partial charge in [0, 0.05) is 0 Å². The molecule has 0 aromatic heterocycles. The van der Waals surface area contributed by atoms with Gasteiger partial charge in [0.05, 0.1) is 0 Å². The number of hydrogen-bond donors (Lipinski definition) is 4. The van der Waals surface area contributed by atoms with Crippen LogP contribution in [-0.2, 0) is 0 Å². The van der Waals surface area contributed by atoms with Crippen LogP contribution in [0.15, 0.2) is 15.3 Å². The van der Waals surface area contributed by atoms with Crippen molar-refractivity contribution in [1.82, 2.24) is 0 Å². The third-order valence-electron chi connectivity index (χ3n) is 1.39. The summed E-state index contributed by atoms with van der Waals surface area (Å²) in [5.74, 6) is -1.00. The fourth-order valence-electron chi connectivity index (χ4n) is 0.772. The van der Waals surface area contributed by atoms with Gasteiger partial charge in [-0.1, -0.05) is 5.22 Å². The lowest BCUT2D eigenvalue weighted by Gasteiger charge is -2.08. The van der Waals surface area contributed by atoms with E-state index in [-0.39, 0.29) is 16.3 Å².